The molecule has 1 saturated carbocycles. The van der Waals surface area contributed by atoms with Crippen molar-refractivity contribution in [3.63, 3.8) is 0 Å². The van der Waals surface area contributed by atoms with Crippen molar-refractivity contribution in [2.24, 2.45) is 5.92 Å². The van der Waals surface area contributed by atoms with E-state index in [9.17, 15) is 4.39 Å². The second kappa shape index (κ2) is 8.23. The Hall–Kier alpha value is -0.270. The molecule has 0 aromatic rings. The van der Waals surface area contributed by atoms with Crippen LogP contribution in [-0.4, -0.2) is 73.7 Å². The second-order valence-electron chi connectivity index (χ2n) is 9.48. The molecule has 4 aliphatic heterocycles. The third-order valence-electron chi connectivity index (χ3n) is 7.93. The molecular weight excluding hydrogens is 343 g/mol. The fourth-order valence-corrected chi connectivity index (χ4v) is 6.65. The molecule has 0 amide bonds. The van der Waals surface area contributed by atoms with Gasteiger partial charge in [-0.1, -0.05) is 0 Å². The van der Waals surface area contributed by atoms with E-state index in [1.807, 2.05) is 0 Å². The fraction of sp³-hybridized carbons (Fsp3) is 1.00. The lowest BCUT2D eigenvalue weighted by molar-refractivity contribution is -0.0623. The molecule has 154 valence electrons. The van der Waals surface area contributed by atoms with Crippen molar-refractivity contribution in [3.8, 4) is 0 Å². The van der Waals surface area contributed by atoms with Crippen molar-refractivity contribution < 1.29 is 9.13 Å². The van der Waals surface area contributed by atoms with Gasteiger partial charge in [-0.25, -0.2) is 4.39 Å². The molecule has 4 saturated heterocycles. The lowest BCUT2D eigenvalue weighted by atomic mass is 9.79. The summed E-state index contributed by atoms with van der Waals surface area (Å²) in [4.78, 5) is 2.71. The van der Waals surface area contributed by atoms with Gasteiger partial charge >= 0.3 is 0 Å². The first-order chi connectivity index (χ1) is 13.3. The van der Waals surface area contributed by atoms with Gasteiger partial charge in [0.2, 0.25) is 0 Å². The molecular formula is C21H37FN4O. The minimum absolute atomic E-state index is 0.253. The lowest BCUT2D eigenvalue weighted by Gasteiger charge is -2.50. The molecule has 0 spiro atoms. The highest BCUT2D eigenvalue weighted by Gasteiger charge is 2.46. The molecule has 1 aliphatic carbocycles. The average molecular weight is 381 g/mol. The van der Waals surface area contributed by atoms with Crippen LogP contribution in [0.1, 0.15) is 57.8 Å². The molecule has 8 atom stereocenters. The number of nitrogens with zero attached hydrogens (tertiary/aromatic N) is 1. The van der Waals surface area contributed by atoms with Crippen LogP contribution < -0.4 is 16.0 Å². The van der Waals surface area contributed by atoms with Crippen LogP contribution in [0, 0.1) is 5.92 Å². The van der Waals surface area contributed by atoms with E-state index in [1.165, 1.54) is 32.1 Å². The van der Waals surface area contributed by atoms with E-state index >= 15 is 0 Å². The zero-order chi connectivity index (χ0) is 18.2. The molecule has 27 heavy (non-hydrogen) atoms. The van der Waals surface area contributed by atoms with Crippen LogP contribution in [0.2, 0.25) is 0 Å². The summed E-state index contributed by atoms with van der Waals surface area (Å²) >= 11 is 0. The summed E-state index contributed by atoms with van der Waals surface area (Å²) in [7, 11) is 0. The molecule has 0 aromatic heterocycles. The van der Waals surface area contributed by atoms with Crippen LogP contribution in [0.3, 0.4) is 0 Å². The quantitative estimate of drug-likeness (QED) is 0.598. The first-order valence-corrected chi connectivity index (χ1v) is 11.5. The highest BCUT2D eigenvalue weighted by Crippen LogP contribution is 2.39. The van der Waals surface area contributed by atoms with Gasteiger partial charge in [0.15, 0.2) is 0 Å². The molecule has 0 radical (unpaired) electrons. The Bertz CT molecular complexity index is 509. The number of ether oxygens (including phenoxy) is 1. The summed E-state index contributed by atoms with van der Waals surface area (Å²) in [6, 6.07) is 2.15. The topological polar surface area (TPSA) is 48.6 Å². The van der Waals surface area contributed by atoms with E-state index in [0.717, 1.165) is 39.1 Å². The first kappa shape index (κ1) is 18.7. The number of hydrogen-bond acceptors (Lipinski definition) is 5. The Morgan fingerprint density at radius 3 is 2.74 bits per heavy atom. The van der Waals surface area contributed by atoms with Gasteiger partial charge in [0.05, 0.1) is 12.3 Å². The zero-order valence-electron chi connectivity index (χ0n) is 16.5. The van der Waals surface area contributed by atoms with Crippen molar-refractivity contribution in [2.45, 2.75) is 100 Å². The number of rotatable bonds is 0. The van der Waals surface area contributed by atoms with E-state index in [1.54, 1.807) is 0 Å². The van der Waals surface area contributed by atoms with E-state index in [4.69, 9.17) is 4.74 Å². The Labute approximate surface area is 163 Å². The lowest BCUT2D eigenvalue weighted by Crippen LogP contribution is -2.70. The maximum Gasteiger partial charge on any atom is 0.101 e. The van der Waals surface area contributed by atoms with E-state index in [-0.39, 0.29) is 6.10 Å². The Kier molecular flexibility index (Phi) is 5.71. The van der Waals surface area contributed by atoms with Crippen molar-refractivity contribution in [3.05, 3.63) is 0 Å². The highest BCUT2D eigenvalue weighted by molar-refractivity contribution is 5.03. The van der Waals surface area contributed by atoms with Crippen molar-refractivity contribution in [1.82, 2.24) is 20.9 Å². The Balaban J connectivity index is 1.39. The number of halogens is 1. The van der Waals surface area contributed by atoms with Crippen LogP contribution in [0.5, 0.6) is 0 Å². The van der Waals surface area contributed by atoms with E-state index in [0.29, 0.717) is 49.1 Å². The average Bonchev–Trinajstić information content (AvgIpc) is 3.17. The normalized spacial score (nSPS) is 49.2. The predicted octanol–water partition coefficient (Wildman–Crippen LogP) is 1.78. The minimum Gasteiger partial charge on any atom is -0.378 e. The summed E-state index contributed by atoms with van der Waals surface area (Å²) in [6.07, 6.45) is 9.52. The predicted molar refractivity (Wildman–Crippen MR) is 104 cm³/mol. The smallest absolute Gasteiger partial charge is 0.101 e. The van der Waals surface area contributed by atoms with Gasteiger partial charge in [-0.05, 0) is 77.4 Å². The molecule has 3 N–H and O–H groups in total. The Morgan fingerprint density at radius 2 is 1.78 bits per heavy atom. The maximum absolute atomic E-state index is 14.3. The fourth-order valence-electron chi connectivity index (χ4n) is 6.65. The second-order valence-corrected chi connectivity index (χ2v) is 9.48. The molecule has 7 unspecified atom stereocenters. The number of fused-ring (bicyclic) bond motifs is 5. The molecule has 5 aliphatic rings. The van der Waals surface area contributed by atoms with Crippen molar-refractivity contribution in [1.29, 1.82) is 0 Å². The summed E-state index contributed by atoms with van der Waals surface area (Å²) in [6.45, 7) is 4.12. The molecule has 5 nitrogen and oxygen atoms in total. The van der Waals surface area contributed by atoms with Crippen molar-refractivity contribution in [2.75, 3.05) is 26.2 Å². The molecule has 5 fully saturated rings. The maximum atomic E-state index is 14.3. The van der Waals surface area contributed by atoms with Gasteiger partial charge in [-0.2, -0.15) is 0 Å². The van der Waals surface area contributed by atoms with Crippen LogP contribution in [0.4, 0.5) is 4.39 Å². The molecule has 5 rings (SSSR count). The summed E-state index contributed by atoms with van der Waals surface area (Å²) in [5.41, 5.74) is 0. The van der Waals surface area contributed by atoms with Gasteiger partial charge in [0, 0.05) is 36.7 Å². The van der Waals surface area contributed by atoms with Gasteiger partial charge in [0.1, 0.15) is 6.17 Å². The van der Waals surface area contributed by atoms with Crippen molar-refractivity contribution >= 4 is 0 Å². The summed E-state index contributed by atoms with van der Waals surface area (Å²) in [5, 5.41) is 11.6. The zero-order valence-corrected chi connectivity index (χ0v) is 16.5. The number of piperidine rings is 2. The third kappa shape index (κ3) is 3.80. The SMILES string of the molecule is FC1CCC2OCCCNC3CCNC4CCC(NC34)N3CCC[C@@H]3C2C1. The van der Waals surface area contributed by atoms with E-state index < -0.39 is 6.17 Å². The van der Waals surface area contributed by atoms with Gasteiger partial charge in [-0.15, -0.1) is 0 Å². The van der Waals surface area contributed by atoms with Crippen LogP contribution in [0.15, 0.2) is 0 Å². The first-order valence-electron chi connectivity index (χ1n) is 11.5. The van der Waals surface area contributed by atoms with Gasteiger partial charge in [0.25, 0.3) is 0 Å². The Morgan fingerprint density at radius 1 is 0.889 bits per heavy atom. The monoisotopic (exact) mass is 380 g/mol. The van der Waals surface area contributed by atoms with Gasteiger partial charge in [-0.3, -0.25) is 10.2 Å². The standard InChI is InChI=1S/C21H37FN4O/c22-14-4-6-19-15(13-14)18-3-1-11-26(18)20-7-5-16-21(25-20)17(8-10-24-16)23-9-2-12-27-19/h14-21,23-25H,1-13H2/t14?,15?,16?,17?,18-,19?,20?,21?/m1/s1. The molecule has 4 heterocycles. The summed E-state index contributed by atoms with van der Waals surface area (Å²) < 4.78 is 20.7. The summed E-state index contributed by atoms with van der Waals surface area (Å²) in [5.74, 6) is 0.366. The largest absolute Gasteiger partial charge is 0.378 e. The van der Waals surface area contributed by atoms with Gasteiger partial charge < -0.3 is 15.4 Å². The molecule has 6 heteroatoms. The number of alkyl halides is 1. The van der Waals surface area contributed by atoms with E-state index in [2.05, 4.69) is 20.9 Å². The van der Waals surface area contributed by atoms with Crippen LogP contribution >= 0.6 is 0 Å². The molecule has 0 aromatic carbocycles. The number of hydrogen-bond donors (Lipinski definition) is 3. The van der Waals surface area contributed by atoms with Crippen LogP contribution in [-0.2, 0) is 4.74 Å². The third-order valence-corrected chi connectivity index (χ3v) is 7.93. The minimum atomic E-state index is -0.634. The van der Waals surface area contributed by atoms with Crippen LogP contribution in [0.25, 0.3) is 0 Å². The highest BCUT2D eigenvalue weighted by atomic mass is 19.1. The number of nitrogens with one attached hydrogen (secondary N) is 3. The molecule has 2 bridgehead atoms.